The summed E-state index contributed by atoms with van der Waals surface area (Å²) in [5.74, 6) is 0.421. The molecule has 1 aromatic rings. The third-order valence-electron chi connectivity index (χ3n) is 4.63. The van der Waals surface area contributed by atoms with E-state index in [1.165, 1.54) is 0 Å². The van der Waals surface area contributed by atoms with Crippen molar-refractivity contribution in [1.82, 2.24) is 10.4 Å². The van der Waals surface area contributed by atoms with Gasteiger partial charge in [0.25, 0.3) is 0 Å². The minimum absolute atomic E-state index is 0.0516. The molecule has 1 heterocycles. The van der Waals surface area contributed by atoms with Gasteiger partial charge in [-0.1, -0.05) is 24.6 Å². The van der Waals surface area contributed by atoms with Gasteiger partial charge in [-0.15, -0.1) is 0 Å². The fourth-order valence-electron chi connectivity index (χ4n) is 3.40. The lowest BCUT2D eigenvalue weighted by molar-refractivity contribution is -0.202. The summed E-state index contributed by atoms with van der Waals surface area (Å²) in [6, 6.07) is 5.92. The first-order valence-corrected chi connectivity index (χ1v) is 9.01. The number of hydrogen-bond acceptors (Lipinski definition) is 3. The standard InChI is InChI=1S/C19H27F3N2O2/c1-4-26-15-11-7-5-9-14(15)10-6-8-12-16(19(20,21)22)24-18(2,3)13-17(25)23-24/h5,7,9,11,16H,4,6,8,10,12-13H2,1-3H3,(H,23,25)/t16-/m0/s1. The summed E-state index contributed by atoms with van der Waals surface area (Å²) in [5.41, 5.74) is 2.55. The number of unbranched alkanes of at least 4 members (excludes halogenated alkanes) is 1. The van der Waals surface area contributed by atoms with E-state index in [2.05, 4.69) is 5.43 Å². The third-order valence-corrected chi connectivity index (χ3v) is 4.63. The second-order valence-electron chi connectivity index (χ2n) is 7.24. The molecule has 0 radical (unpaired) electrons. The second kappa shape index (κ2) is 8.29. The average molecular weight is 372 g/mol. The molecule has 1 N–H and O–H groups in total. The molecule has 1 amide bonds. The van der Waals surface area contributed by atoms with Crippen molar-refractivity contribution in [2.45, 2.75) is 70.6 Å². The van der Waals surface area contributed by atoms with Crippen molar-refractivity contribution in [3.05, 3.63) is 29.8 Å². The first kappa shape index (κ1) is 20.6. The monoisotopic (exact) mass is 372 g/mol. The van der Waals surface area contributed by atoms with E-state index in [1.54, 1.807) is 13.8 Å². The van der Waals surface area contributed by atoms with Gasteiger partial charge in [0, 0.05) is 12.0 Å². The predicted molar refractivity (Wildman–Crippen MR) is 93.7 cm³/mol. The van der Waals surface area contributed by atoms with Crippen molar-refractivity contribution in [2.24, 2.45) is 0 Å². The molecule has 0 aromatic heterocycles. The zero-order valence-electron chi connectivity index (χ0n) is 15.5. The Kier molecular flexibility index (Phi) is 6.55. The number of halogens is 3. The van der Waals surface area contributed by atoms with Crippen LogP contribution < -0.4 is 10.2 Å². The number of aryl methyl sites for hydroxylation is 1. The predicted octanol–water partition coefficient (Wildman–Crippen LogP) is 4.24. The number of carbonyl (C=O) groups is 1. The quantitative estimate of drug-likeness (QED) is 0.694. The lowest BCUT2D eigenvalue weighted by atomic mass is 9.97. The maximum atomic E-state index is 13.5. The van der Waals surface area contributed by atoms with Crippen molar-refractivity contribution in [1.29, 1.82) is 0 Å². The van der Waals surface area contributed by atoms with Crippen LogP contribution >= 0.6 is 0 Å². The van der Waals surface area contributed by atoms with Crippen LogP contribution in [0.25, 0.3) is 0 Å². The Labute approximate surface area is 152 Å². The highest BCUT2D eigenvalue weighted by Crippen LogP contribution is 2.35. The largest absolute Gasteiger partial charge is 0.494 e. The number of carbonyl (C=O) groups excluding carboxylic acids is 1. The van der Waals surface area contributed by atoms with Crippen LogP contribution in [-0.4, -0.2) is 35.3 Å². The van der Waals surface area contributed by atoms with E-state index in [0.29, 0.717) is 25.9 Å². The molecule has 146 valence electrons. The van der Waals surface area contributed by atoms with Gasteiger partial charge in [0.15, 0.2) is 0 Å². The van der Waals surface area contributed by atoms with Crippen molar-refractivity contribution in [3.8, 4) is 5.75 Å². The van der Waals surface area contributed by atoms with Gasteiger partial charge in [-0.2, -0.15) is 13.2 Å². The number of nitrogens with zero attached hydrogens (tertiary/aromatic N) is 1. The Morgan fingerprint density at radius 2 is 1.96 bits per heavy atom. The van der Waals surface area contributed by atoms with Crippen LogP contribution in [0.15, 0.2) is 24.3 Å². The van der Waals surface area contributed by atoms with Crippen LogP contribution in [0.1, 0.15) is 52.0 Å². The summed E-state index contributed by atoms with van der Waals surface area (Å²) in [7, 11) is 0. The van der Waals surface area contributed by atoms with Crippen LogP contribution in [0.4, 0.5) is 13.2 Å². The van der Waals surface area contributed by atoms with Crippen molar-refractivity contribution in [3.63, 3.8) is 0 Å². The third kappa shape index (κ3) is 5.13. The maximum Gasteiger partial charge on any atom is 0.405 e. The Morgan fingerprint density at radius 1 is 1.27 bits per heavy atom. The number of benzene rings is 1. The summed E-state index contributed by atoms with van der Waals surface area (Å²) in [4.78, 5) is 11.6. The SMILES string of the molecule is CCOc1ccccc1CCCC[C@H](N1NC(=O)CC1(C)C)C(F)(F)F. The number of amides is 1. The summed E-state index contributed by atoms with van der Waals surface area (Å²) in [6.45, 7) is 5.76. The van der Waals surface area contributed by atoms with Crippen molar-refractivity contribution >= 4 is 5.91 Å². The molecule has 1 aromatic carbocycles. The molecule has 1 aliphatic heterocycles. The molecular formula is C19H27F3N2O2. The lowest BCUT2D eigenvalue weighted by Crippen LogP contribution is -2.56. The molecule has 2 rings (SSSR count). The molecule has 0 unspecified atom stereocenters. The fraction of sp³-hybridized carbons (Fsp3) is 0.632. The van der Waals surface area contributed by atoms with Crippen LogP contribution in [0.2, 0.25) is 0 Å². The Balaban J connectivity index is 1.96. The second-order valence-corrected chi connectivity index (χ2v) is 7.24. The topological polar surface area (TPSA) is 41.6 Å². The molecule has 0 aliphatic carbocycles. The van der Waals surface area contributed by atoms with Crippen LogP contribution in [0.3, 0.4) is 0 Å². The van der Waals surface area contributed by atoms with Crippen LogP contribution in [-0.2, 0) is 11.2 Å². The normalized spacial score (nSPS) is 18.6. The number of hydrazine groups is 1. The van der Waals surface area contributed by atoms with E-state index in [-0.39, 0.29) is 18.7 Å². The number of rotatable bonds is 8. The van der Waals surface area contributed by atoms with Gasteiger partial charge in [-0.25, -0.2) is 5.01 Å². The van der Waals surface area contributed by atoms with Gasteiger partial charge in [0.2, 0.25) is 5.91 Å². The molecule has 0 spiro atoms. The molecule has 26 heavy (non-hydrogen) atoms. The van der Waals surface area contributed by atoms with Gasteiger partial charge >= 0.3 is 6.18 Å². The zero-order valence-corrected chi connectivity index (χ0v) is 15.5. The molecule has 0 bridgehead atoms. The van der Waals surface area contributed by atoms with Crippen molar-refractivity contribution in [2.75, 3.05) is 6.61 Å². The van der Waals surface area contributed by atoms with Gasteiger partial charge in [-0.3, -0.25) is 10.2 Å². The Hall–Kier alpha value is -1.76. The molecule has 4 nitrogen and oxygen atoms in total. The van der Waals surface area contributed by atoms with E-state index in [1.807, 2.05) is 31.2 Å². The molecule has 1 saturated heterocycles. The van der Waals surface area contributed by atoms with Crippen molar-refractivity contribution < 1.29 is 22.7 Å². The van der Waals surface area contributed by atoms with Gasteiger partial charge in [-0.05, 0) is 51.7 Å². The minimum Gasteiger partial charge on any atom is -0.494 e. The van der Waals surface area contributed by atoms with Gasteiger partial charge in [0.05, 0.1) is 6.61 Å². The zero-order chi connectivity index (χ0) is 19.4. The molecule has 0 saturated carbocycles. The number of nitrogens with one attached hydrogen (secondary N) is 1. The Morgan fingerprint density at radius 3 is 2.54 bits per heavy atom. The van der Waals surface area contributed by atoms with Crippen LogP contribution in [0.5, 0.6) is 5.75 Å². The molecule has 1 fully saturated rings. The van der Waals surface area contributed by atoms with E-state index in [9.17, 15) is 18.0 Å². The fourth-order valence-corrected chi connectivity index (χ4v) is 3.40. The number of ether oxygens (including phenoxy) is 1. The summed E-state index contributed by atoms with van der Waals surface area (Å²) in [5, 5.41) is 1.09. The smallest absolute Gasteiger partial charge is 0.405 e. The number of para-hydroxylation sites is 1. The summed E-state index contributed by atoms with van der Waals surface area (Å²) < 4.78 is 46.2. The first-order chi connectivity index (χ1) is 12.1. The number of hydrogen-bond donors (Lipinski definition) is 1. The van der Waals surface area contributed by atoms with Gasteiger partial charge in [0.1, 0.15) is 11.8 Å². The summed E-state index contributed by atoms with van der Waals surface area (Å²) in [6.07, 6.45) is -2.67. The number of alkyl halides is 3. The average Bonchev–Trinajstić information content (AvgIpc) is 2.80. The maximum absolute atomic E-state index is 13.5. The molecular weight excluding hydrogens is 345 g/mol. The molecule has 7 heteroatoms. The minimum atomic E-state index is -4.39. The van der Waals surface area contributed by atoms with Crippen LogP contribution in [0, 0.1) is 0 Å². The van der Waals surface area contributed by atoms with E-state index in [4.69, 9.17) is 4.74 Å². The molecule has 1 aliphatic rings. The van der Waals surface area contributed by atoms with E-state index >= 15 is 0 Å². The highest BCUT2D eigenvalue weighted by Gasteiger charge is 2.51. The lowest BCUT2D eigenvalue weighted by Gasteiger charge is -2.37. The summed E-state index contributed by atoms with van der Waals surface area (Å²) >= 11 is 0. The Bertz CT molecular complexity index is 617. The van der Waals surface area contributed by atoms with Gasteiger partial charge < -0.3 is 4.74 Å². The molecule has 1 atom stereocenters. The van der Waals surface area contributed by atoms with E-state index < -0.39 is 17.8 Å². The highest BCUT2D eigenvalue weighted by molar-refractivity contribution is 5.78. The first-order valence-electron chi connectivity index (χ1n) is 9.01. The van der Waals surface area contributed by atoms with E-state index in [0.717, 1.165) is 16.3 Å². The highest BCUT2D eigenvalue weighted by atomic mass is 19.4.